The zero-order chi connectivity index (χ0) is 18.2. The molecule has 2 amide bonds. The van der Waals surface area contributed by atoms with Crippen molar-refractivity contribution in [3.05, 3.63) is 69.2 Å². The summed E-state index contributed by atoms with van der Waals surface area (Å²) < 4.78 is 0. The molecular formula is C18H19Cl2N3O2. The zero-order valence-electron chi connectivity index (χ0n) is 13.5. The van der Waals surface area contributed by atoms with E-state index in [1.54, 1.807) is 36.4 Å². The van der Waals surface area contributed by atoms with E-state index in [0.29, 0.717) is 40.8 Å². The summed E-state index contributed by atoms with van der Waals surface area (Å²) in [7, 11) is 0. The van der Waals surface area contributed by atoms with Crippen molar-refractivity contribution in [2.24, 2.45) is 5.73 Å². The normalized spacial score (nSPS) is 10.4. The number of rotatable bonds is 7. The Balaban J connectivity index is 1.89. The highest BCUT2D eigenvalue weighted by molar-refractivity contribution is 6.42. The quantitative estimate of drug-likeness (QED) is 0.646. The lowest BCUT2D eigenvalue weighted by Gasteiger charge is -2.08. The minimum Gasteiger partial charge on any atom is -0.352 e. The van der Waals surface area contributed by atoms with Crippen LogP contribution >= 0.6 is 23.2 Å². The van der Waals surface area contributed by atoms with E-state index >= 15 is 0 Å². The molecule has 0 fully saturated rings. The van der Waals surface area contributed by atoms with Crippen molar-refractivity contribution in [3.63, 3.8) is 0 Å². The second kappa shape index (κ2) is 9.42. The van der Waals surface area contributed by atoms with Crippen LogP contribution in [0.1, 0.15) is 32.7 Å². The molecule has 25 heavy (non-hydrogen) atoms. The Morgan fingerprint density at radius 1 is 0.880 bits per heavy atom. The molecule has 2 rings (SSSR count). The van der Waals surface area contributed by atoms with E-state index in [4.69, 9.17) is 28.9 Å². The summed E-state index contributed by atoms with van der Waals surface area (Å²) >= 11 is 11.7. The molecule has 132 valence electrons. The topological polar surface area (TPSA) is 84.2 Å². The van der Waals surface area contributed by atoms with Crippen molar-refractivity contribution in [2.75, 3.05) is 13.1 Å². The average molecular weight is 380 g/mol. The maximum absolute atomic E-state index is 12.1. The van der Waals surface area contributed by atoms with Crippen LogP contribution in [0.2, 0.25) is 10.0 Å². The van der Waals surface area contributed by atoms with Crippen LogP contribution in [0.4, 0.5) is 0 Å². The molecule has 0 unspecified atom stereocenters. The fourth-order valence-electron chi connectivity index (χ4n) is 2.10. The van der Waals surface area contributed by atoms with Crippen LogP contribution in [0.25, 0.3) is 0 Å². The van der Waals surface area contributed by atoms with Gasteiger partial charge in [0, 0.05) is 24.2 Å². The first-order chi connectivity index (χ1) is 12.0. The summed E-state index contributed by atoms with van der Waals surface area (Å²) in [6.07, 6.45) is 0.741. The number of hydrogen-bond acceptors (Lipinski definition) is 3. The van der Waals surface area contributed by atoms with Gasteiger partial charge in [0.05, 0.1) is 10.0 Å². The molecule has 0 aromatic heterocycles. The van der Waals surface area contributed by atoms with E-state index in [1.807, 2.05) is 0 Å². The van der Waals surface area contributed by atoms with Crippen LogP contribution in [0.15, 0.2) is 42.5 Å². The molecule has 0 radical (unpaired) electrons. The molecule has 0 bridgehead atoms. The minimum atomic E-state index is -0.248. The van der Waals surface area contributed by atoms with Crippen LogP contribution in [0, 0.1) is 0 Å². The smallest absolute Gasteiger partial charge is 0.251 e. The monoisotopic (exact) mass is 379 g/mol. The molecule has 2 aromatic carbocycles. The Morgan fingerprint density at radius 3 is 2.16 bits per heavy atom. The van der Waals surface area contributed by atoms with Crippen molar-refractivity contribution < 1.29 is 9.59 Å². The lowest BCUT2D eigenvalue weighted by molar-refractivity contribution is 0.0943. The third kappa shape index (κ3) is 5.74. The maximum atomic E-state index is 12.1. The largest absolute Gasteiger partial charge is 0.352 e. The maximum Gasteiger partial charge on any atom is 0.251 e. The Morgan fingerprint density at radius 2 is 1.52 bits per heavy atom. The summed E-state index contributed by atoms with van der Waals surface area (Å²) in [4.78, 5) is 24.0. The predicted molar refractivity (Wildman–Crippen MR) is 100 cm³/mol. The standard InChI is InChI=1S/C18H19Cl2N3O2/c19-15-7-6-14(10-16(15)20)18(25)23-11-12-2-4-13(5-3-12)17(24)22-9-1-8-21/h2-7,10H,1,8-9,11,21H2,(H,22,24)(H,23,25). The summed E-state index contributed by atoms with van der Waals surface area (Å²) in [5.74, 6) is -0.387. The predicted octanol–water partition coefficient (Wildman–Crippen LogP) is 3.00. The molecule has 2 aromatic rings. The molecule has 0 heterocycles. The number of carbonyl (C=O) groups excluding carboxylic acids is 2. The van der Waals surface area contributed by atoms with Gasteiger partial charge in [0.15, 0.2) is 0 Å². The molecule has 0 atom stereocenters. The lowest BCUT2D eigenvalue weighted by Crippen LogP contribution is -2.26. The third-order valence-corrected chi connectivity index (χ3v) is 4.26. The third-order valence-electron chi connectivity index (χ3n) is 3.52. The summed E-state index contributed by atoms with van der Waals surface area (Å²) in [6, 6.07) is 11.7. The number of carbonyl (C=O) groups is 2. The first-order valence-corrected chi connectivity index (χ1v) is 8.57. The van der Waals surface area contributed by atoms with E-state index in [2.05, 4.69) is 10.6 Å². The Bertz CT molecular complexity index is 748. The zero-order valence-corrected chi connectivity index (χ0v) is 15.0. The van der Waals surface area contributed by atoms with Crippen LogP contribution in [0.5, 0.6) is 0 Å². The second-order valence-corrected chi connectivity index (χ2v) is 6.22. The van der Waals surface area contributed by atoms with Gasteiger partial charge in [-0.3, -0.25) is 9.59 Å². The lowest BCUT2D eigenvalue weighted by atomic mass is 10.1. The Labute approximate surface area is 156 Å². The van der Waals surface area contributed by atoms with Gasteiger partial charge in [-0.05, 0) is 48.9 Å². The van der Waals surface area contributed by atoms with Gasteiger partial charge in [0.1, 0.15) is 0 Å². The van der Waals surface area contributed by atoms with Gasteiger partial charge in [-0.1, -0.05) is 35.3 Å². The van der Waals surface area contributed by atoms with Crippen LogP contribution in [-0.4, -0.2) is 24.9 Å². The SMILES string of the molecule is NCCCNC(=O)c1ccc(CNC(=O)c2ccc(Cl)c(Cl)c2)cc1. The van der Waals surface area contributed by atoms with Crippen molar-refractivity contribution >= 4 is 35.0 Å². The molecule has 0 aliphatic rings. The highest BCUT2D eigenvalue weighted by atomic mass is 35.5. The molecule has 7 heteroatoms. The van der Waals surface area contributed by atoms with Gasteiger partial charge in [-0.15, -0.1) is 0 Å². The summed E-state index contributed by atoms with van der Waals surface area (Å²) in [5, 5.41) is 6.32. The van der Waals surface area contributed by atoms with Gasteiger partial charge in [-0.25, -0.2) is 0 Å². The highest BCUT2D eigenvalue weighted by Gasteiger charge is 2.08. The molecule has 4 N–H and O–H groups in total. The summed E-state index contributed by atoms with van der Waals surface area (Å²) in [5.41, 5.74) is 7.27. The van der Waals surface area contributed by atoms with Crippen LogP contribution < -0.4 is 16.4 Å². The van der Waals surface area contributed by atoms with Gasteiger partial charge < -0.3 is 16.4 Å². The average Bonchev–Trinajstić information content (AvgIpc) is 2.62. The summed E-state index contributed by atoms with van der Waals surface area (Å²) in [6.45, 7) is 1.43. The van der Waals surface area contributed by atoms with Crippen molar-refractivity contribution in [3.8, 4) is 0 Å². The van der Waals surface area contributed by atoms with E-state index in [-0.39, 0.29) is 11.8 Å². The fraction of sp³-hybridized carbons (Fsp3) is 0.222. The first-order valence-electron chi connectivity index (χ1n) is 7.81. The van der Waals surface area contributed by atoms with Crippen LogP contribution in [0.3, 0.4) is 0 Å². The van der Waals surface area contributed by atoms with E-state index in [0.717, 1.165) is 12.0 Å². The molecule has 5 nitrogen and oxygen atoms in total. The fourth-order valence-corrected chi connectivity index (χ4v) is 2.40. The molecule has 0 aliphatic carbocycles. The van der Waals surface area contributed by atoms with Crippen molar-refractivity contribution in [1.82, 2.24) is 10.6 Å². The van der Waals surface area contributed by atoms with Gasteiger partial charge in [0.25, 0.3) is 11.8 Å². The van der Waals surface area contributed by atoms with Gasteiger partial charge >= 0.3 is 0 Å². The number of halogens is 2. The van der Waals surface area contributed by atoms with Crippen LogP contribution in [-0.2, 0) is 6.54 Å². The van der Waals surface area contributed by atoms with Crippen molar-refractivity contribution in [1.29, 1.82) is 0 Å². The van der Waals surface area contributed by atoms with E-state index in [1.165, 1.54) is 6.07 Å². The van der Waals surface area contributed by atoms with Gasteiger partial charge in [-0.2, -0.15) is 0 Å². The minimum absolute atomic E-state index is 0.139. The number of benzene rings is 2. The number of nitrogens with two attached hydrogens (primary N) is 1. The second-order valence-electron chi connectivity index (χ2n) is 5.41. The van der Waals surface area contributed by atoms with E-state index in [9.17, 15) is 9.59 Å². The van der Waals surface area contributed by atoms with E-state index < -0.39 is 0 Å². The molecule has 0 aliphatic heterocycles. The first kappa shape index (κ1) is 19.2. The highest BCUT2D eigenvalue weighted by Crippen LogP contribution is 2.22. The number of nitrogens with one attached hydrogen (secondary N) is 2. The number of hydrogen-bond donors (Lipinski definition) is 3. The molecule has 0 spiro atoms. The van der Waals surface area contributed by atoms with Gasteiger partial charge in [0.2, 0.25) is 0 Å². The molecular weight excluding hydrogens is 361 g/mol. The Hall–Kier alpha value is -2.08. The van der Waals surface area contributed by atoms with Crippen molar-refractivity contribution in [2.45, 2.75) is 13.0 Å². The number of amides is 2. The Kier molecular flexibility index (Phi) is 7.25. The molecule has 0 saturated carbocycles. The molecule has 0 saturated heterocycles.